The zero-order chi connectivity index (χ0) is 30.2. The summed E-state index contributed by atoms with van der Waals surface area (Å²) in [6.07, 6.45) is 2.62. The average Bonchev–Trinajstić information content (AvgIpc) is 3.48. The summed E-state index contributed by atoms with van der Waals surface area (Å²) < 4.78 is 30.1. The Morgan fingerprint density at radius 3 is 2.42 bits per heavy atom. The van der Waals surface area contributed by atoms with Gasteiger partial charge in [0, 0.05) is 38.9 Å². The van der Waals surface area contributed by atoms with Gasteiger partial charge in [0.15, 0.2) is 0 Å². The number of likely N-dealkylation sites (N-methyl/N-ethyl adjacent to an activating group) is 1. The Hall–Kier alpha value is -4.32. The number of halogens is 3. The van der Waals surface area contributed by atoms with Crippen molar-refractivity contribution < 1.29 is 18.4 Å². The maximum Gasteiger partial charge on any atom is 0.334 e. The highest BCUT2D eigenvalue weighted by Gasteiger charge is 2.29. The number of para-hydroxylation sites is 2. The molecule has 0 radical (unpaired) electrons. The van der Waals surface area contributed by atoms with Crippen LogP contribution in [0, 0.1) is 5.92 Å². The van der Waals surface area contributed by atoms with Crippen LogP contribution in [0.1, 0.15) is 48.2 Å². The number of carbonyl (C=O) groups excluding carboxylic acids is 2. The van der Waals surface area contributed by atoms with Crippen molar-refractivity contribution in [3.8, 4) is 5.82 Å². The maximum atomic E-state index is 13.8. The topological polar surface area (TPSA) is 105 Å². The molecule has 6 rings (SSSR count). The number of fused-ring (bicyclic) bond motifs is 1. The number of nitrogens with one attached hydrogen (secondary N) is 1. The number of anilines is 1. The van der Waals surface area contributed by atoms with Gasteiger partial charge in [0.1, 0.15) is 11.5 Å². The third-order valence-corrected chi connectivity index (χ3v) is 8.49. The van der Waals surface area contributed by atoms with Crippen LogP contribution in [0.5, 0.6) is 0 Å². The van der Waals surface area contributed by atoms with Crippen molar-refractivity contribution in [2.24, 2.45) is 5.92 Å². The molecule has 1 aliphatic carbocycles. The molecule has 0 atom stereocenters. The second-order valence-corrected chi connectivity index (χ2v) is 11.5. The summed E-state index contributed by atoms with van der Waals surface area (Å²) in [6.45, 7) is 1.71. The van der Waals surface area contributed by atoms with Crippen molar-refractivity contribution in [3.05, 3.63) is 81.6 Å². The summed E-state index contributed by atoms with van der Waals surface area (Å²) in [4.78, 5) is 50.4. The van der Waals surface area contributed by atoms with E-state index in [0.717, 1.165) is 30.1 Å². The summed E-state index contributed by atoms with van der Waals surface area (Å²) >= 11 is 5.91. The average molecular weight is 610 g/mol. The minimum atomic E-state index is -2.89. The van der Waals surface area contributed by atoms with Crippen LogP contribution in [0.2, 0.25) is 5.02 Å². The first-order valence-corrected chi connectivity index (χ1v) is 14.5. The van der Waals surface area contributed by atoms with Gasteiger partial charge < -0.3 is 10.2 Å². The minimum Gasteiger partial charge on any atom is -0.349 e. The Morgan fingerprint density at radius 2 is 1.77 bits per heavy atom. The molecule has 43 heavy (non-hydrogen) atoms. The summed E-state index contributed by atoms with van der Waals surface area (Å²) in [5, 5.41) is 2.97. The van der Waals surface area contributed by atoms with Crippen LogP contribution in [-0.2, 0) is 6.54 Å². The monoisotopic (exact) mass is 609 g/mol. The van der Waals surface area contributed by atoms with E-state index in [9.17, 15) is 23.2 Å². The summed E-state index contributed by atoms with van der Waals surface area (Å²) in [5.74, 6) is 0.0320. The van der Waals surface area contributed by atoms with Gasteiger partial charge >= 0.3 is 11.7 Å². The van der Waals surface area contributed by atoms with Gasteiger partial charge in [-0.05, 0) is 61.9 Å². The molecule has 0 unspecified atom stereocenters. The fraction of sp³-hybridized carbons (Fsp3) is 0.367. The molecule has 1 saturated carbocycles. The summed E-state index contributed by atoms with van der Waals surface area (Å²) in [6, 6.07) is 12.1. The molecule has 224 valence electrons. The number of urea groups is 1. The minimum absolute atomic E-state index is 0.0861. The lowest BCUT2D eigenvalue weighted by molar-refractivity contribution is 0.0904. The van der Waals surface area contributed by atoms with Crippen LogP contribution in [-0.4, -0.2) is 62.1 Å². The van der Waals surface area contributed by atoms with E-state index in [1.54, 1.807) is 44.3 Å². The molecule has 1 aliphatic heterocycles. The predicted octanol–water partition coefficient (Wildman–Crippen LogP) is 5.03. The Kier molecular flexibility index (Phi) is 7.87. The quantitative estimate of drug-likeness (QED) is 0.316. The number of imidazole rings is 1. The van der Waals surface area contributed by atoms with E-state index in [4.69, 9.17) is 11.6 Å². The van der Waals surface area contributed by atoms with E-state index < -0.39 is 18.0 Å². The van der Waals surface area contributed by atoms with E-state index in [1.807, 2.05) is 24.3 Å². The number of alkyl halides is 2. The van der Waals surface area contributed by atoms with E-state index >= 15 is 0 Å². The second-order valence-electron chi connectivity index (χ2n) is 11.0. The van der Waals surface area contributed by atoms with Crippen LogP contribution >= 0.6 is 11.6 Å². The van der Waals surface area contributed by atoms with E-state index in [2.05, 4.69) is 15.3 Å². The molecule has 0 bridgehead atoms. The molecule has 13 heteroatoms. The van der Waals surface area contributed by atoms with E-state index in [-0.39, 0.29) is 34.3 Å². The highest BCUT2D eigenvalue weighted by atomic mass is 35.5. The number of carbonyl (C=O) groups is 2. The number of aromatic nitrogens is 4. The molecule has 3 aromatic heterocycles. The number of amides is 3. The van der Waals surface area contributed by atoms with Gasteiger partial charge in [0.25, 0.3) is 12.3 Å². The molecule has 2 fully saturated rings. The molecule has 2 aliphatic rings. The largest absolute Gasteiger partial charge is 0.349 e. The van der Waals surface area contributed by atoms with Crippen LogP contribution in [0.25, 0.3) is 16.9 Å². The summed E-state index contributed by atoms with van der Waals surface area (Å²) in [7, 11) is 1.76. The van der Waals surface area contributed by atoms with Crippen LogP contribution in [0.3, 0.4) is 0 Å². The smallest absolute Gasteiger partial charge is 0.334 e. The lowest BCUT2D eigenvalue weighted by Gasteiger charge is -2.29. The molecule has 1 saturated heterocycles. The molecule has 3 amide bonds. The Morgan fingerprint density at radius 1 is 1.02 bits per heavy atom. The van der Waals surface area contributed by atoms with Crippen molar-refractivity contribution in [1.29, 1.82) is 0 Å². The van der Waals surface area contributed by atoms with Gasteiger partial charge in [-0.2, -0.15) is 0 Å². The first-order chi connectivity index (χ1) is 20.7. The van der Waals surface area contributed by atoms with Crippen molar-refractivity contribution in [3.63, 3.8) is 0 Å². The predicted molar refractivity (Wildman–Crippen MR) is 158 cm³/mol. The highest BCUT2D eigenvalue weighted by Crippen LogP contribution is 2.29. The molecule has 4 heterocycles. The lowest BCUT2D eigenvalue weighted by atomic mass is 9.85. The van der Waals surface area contributed by atoms with Crippen LogP contribution in [0.15, 0.2) is 59.7 Å². The zero-order valence-electron chi connectivity index (χ0n) is 23.4. The van der Waals surface area contributed by atoms with Gasteiger partial charge in [-0.3, -0.25) is 19.2 Å². The number of nitrogens with zero attached hydrogens (tertiary/aromatic N) is 6. The van der Waals surface area contributed by atoms with Crippen molar-refractivity contribution in [2.45, 2.75) is 44.7 Å². The Labute approximate surface area is 250 Å². The SMILES string of the molecule is CN1CCN(c2ccc(-n3c(=O)n(C[C@H]4CC[C@H](NC(=O)c5cc(Cl)cnc5C(F)F)CC4)c4ccccc43)nc2)C1=O. The van der Waals surface area contributed by atoms with Gasteiger partial charge in [-0.25, -0.2) is 27.9 Å². The fourth-order valence-corrected chi connectivity index (χ4v) is 6.14. The molecule has 1 N–H and O–H groups in total. The third-order valence-electron chi connectivity index (χ3n) is 8.28. The molecule has 10 nitrogen and oxygen atoms in total. The van der Waals surface area contributed by atoms with Crippen LogP contribution in [0.4, 0.5) is 19.3 Å². The van der Waals surface area contributed by atoms with Gasteiger partial charge in [0.2, 0.25) is 0 Å². The summed E-state index contributed by atoms with van der Waals surface area (Å²) in [5.41, 5.74) is 1.18. The third kappa shape index (κ3) is 5.58. The molecule has 1 aromatic carbocycles. The second kappa shape index (κ2) is 11.8. The maximum absolute atomic E-state index is 13.8. The first-order valence-electron chi connectivity index (χ1n) is 14.1. The van der Waals surface area contributed by atoms with Crippen LogP contribution < -0.4 is 15.9 Å². The zero-order valence-corrected chi connectivity index (χ0v) is 24.2. The normalized spacial score (nSPS) is 19.0. The highest BCUT2D eigenvalue weighted by molar-refractivity contribution is 6.30. The molecular weight excluding hydrogens is 580 g/mol. The van der Waals surface area contributed by atoms with Gasteiger partial charge in [-0.1, -0.05) is 23.7 Å². The molecule has 0 spiro atoms. The van der Waals surface area contributed by atoms with E-state index in [1.165, 1.54) is 6.07 Å². The van der Waals surface area contributed by atoms with Gasteiger partial charge in [-0.15, -0.1) is 0 Å². The number of pyridine rings is 2. The van der Waals surface area contributed by atoms with E-state index in [0.29, 0.717) is 44.0 Å². The standard InChI is InChI=1S/C30H30ClF2N7O3/c1-37-12-13-38(29(37)42)21-10-11-25(34-16-21)40-24-5-3-2-4-23(24)39(30(40)43)17-18-6-8-20(9-7-18)36-28(41)22-14-19(31)15-35-26(22)27(32)33/h2-5,10-11,14-16,18,20,27H,6-9,12-13,17H2,1H3,(H,36,41)/t18-,20-. The first kappa shape index (κ1) is 28.8. The number of benzene rings is 1. The Balaban J connectivity index is 1.16. The van der Waals surface area contributed by atoms with Crippen molar-refractivity contribution in [2.75, 3.05) is 25.0 Å². The molecular formula is C30H30ClF2N7O3. The number of hydrogen-bond donors (Lipinski definition) is 1. The molecule has 4 aromatic rings. The number of rotatable bonds is 7. The number of hydrogen-bond acceptors (Lipinski definition) is 5. The van der Waals surface area contributed by atoms with Crippen molar-refractivity contribution in [1.82, 2.24) is 29.3 Å². The Bertz CT molecular complexity index is 1730. The van der Waals surface area contributed by atoms with Gasteiger partial charge in [0.05, 0.1) is 33.5 Å². The lowest BCUT2D eigenvalue weighted by Crippen LogP contribution is -2.39. The fourth-order valence-electron chi connectivity index (χ4n) is 5.98. The van der Waals surface area contributed by atoms with Crippen molar-refractivity contribution >= 4 is 40.3 Å².